The van der Waals surface area contributed by atoms with Crippen molar-refractivity contribution in [2.24, 2.45) is 11.8 Å². The van der Waals surface area contributed by atoms with Gasteiger partial charge in [-0.05, 0) is 6.42 Å². The van der Waals surface area contributed by atoms with E-state index in [0.717, 1.165) is 6.42 Å². The minimum Gasteiger partial charge on any atom is -0.300 e. The maximum Gasteiger partial charge on any atom is 0.252 e. The number of halogens is 2. The molecule has 1 saturated carbocycles. The zero-order valence-electron chi connectivity index (χ0n) is 13.1. The van der Waals surface area contributed by atoms with Crippen LogP contribution in [-0.4, -0.2) is 28.7 Å². The van der Waals surface area contributed by atoms with Crippen molar-refractivity contribution in [2.75, 3.05) is 11.9 Å². The minimum absolute atomic E-state index is 0.0251. The van der Waals surface area contributed by atoms with Gasteiger partial charge in [0.15, 0.2) is 0 Å². The molecule has 1 aromatic rings. The molecular weight excluding hydrogens is 276 g/mol. The number of hydrogen-bond acceptors (Lipinski definition) is 2. The van der Waals surface area contributed by atoms with Crippen LogP contribution >= 0.6 is 0 Å². The Kier molecular flexibility index (Phi) is 4.35. The monoisotopic (exact) mass is 299 g/mol. The summed E-state index contributed by atoms with van der Waals surface area (Å²) in [6, 6.07) is 1.77. The molecule has 1 fully saturated rings. The van der Waals surface area contributed by atoms with E-state index < -0.39 is 11.8 Å². The Hall–Kier alpha value is -1.46. The molecule has 1 amide bonds. The molecule has 0 spiro atoms. The fourth-order valence-electron chi connectivity index (χ4n) is 2.62. The van der Waals surface area contributed by atoms with E-state index in [9.17, 15) is 13.6 Å². The summed E-state index contributed by atoms with van der Waals surface area (Å²) in [7, 11) is 1.72. The van der Waals surface area contributed by atoms with Crippen molar-refractivity contribution in [1.29, 1.82) is 0 Å². The largest absolute Gasteiger partial charge is 0.300 e. The SMILES string of the molecule is CC.CC1CCn2nc(CC3CC3(F)F)cc2N(C)C1=O. The number of fused-ring (bicyclic) bond motifs is 1. The van der Waals surface area contributed by atoms with Crippen molar-refractivity contribution < 1.29 is 13.6 Å². The third-order valence-corrected chi connectivity index (χ3v) is 4.09. The summed E-state index contributed by atoms with van der Waals surface area (Å²) in [5.74, 6) is -2.35. The van der Waals surface area contributed by atoms with Crippen molar-refractivity contribution in [3.8, 4) is 0 Å². The van der Waals surface area contributed by atoms with Gasteiger partial charge < -0.3 is 0 Å². The van der Waals surface area contributed by atoms with Gasteiger partial charge in [-0.15, -0.1) is 0 Å². The van der Waals surface area contributed by atoms with Crippen LogP contribution in [0.2, 0.25) is 0 Å². The molecule has 21 heavy (non-hydrogen) atoms. The van der Waals surface area contributed by atoms with Crippen molar-refractivity contribution in [3.05, 3.63) is 11.8 Å². The smallest absolute Gasteiger partial charge is 0.252 e. The van der Waals surface area contributed by atoms with Crippen molar-refractivity contribution in [1.82, 2.24) is 9.78 Å². The molecule has 2 heterocycles. The lowest BCUT2D eigenvalue weighted by molar-refractivity contribution is -0.121. The number of aryl methyl sites for hydroxylation is 1. The lowest BCUT2D eigenvalue weighted by atomic mass is 10.1. The maximum absolute atomic E-state index is 12.9. The molecule has 1 aromatic heterocycles. The number of nitrogens with zero attached hydrogens (tertiary/aromatic N) is 3. The number of aromatic nitrogens is 2. The molecule has 2 atom stereocenters. The summed E-state index contributed by atoms with van der Waals surface area (Å²) >= 11 is 0. The lowest BCUT2D eigenvalue weighted by Gasteiger charge is -2.16. The first-order chi connectivity index (χ1) is 9.88. The number of alkyl halides is 2. The van der Waals surface area contributed by atoms with E-state index in [1.54, 1.807) is 22.7 Å². The Morgan fingerprint density at radius 1 is 1.43 bits per heavy atom. The number of carbonyl (C=O) groups excluding carboxylic acids is 1. The molecule has 0 N–H and O–H groups in total. The molecule has 0 saturated heterocycles. The molecule has 1 aliphatic carbocycles. The lowest BCUT2D eigenvalue weighted by Crippen LogP contribution is -2.30. The van der Waals surface area contributed by atoms with Crippen LogP contribution in [0.3, 0.4) is 0 Å². The standard InChI is InChI=1S/C13H17F2N3O.C2H6/c1-8-3-4-18-11(17(2)12(8)19)6-10(16-18)5-9-7-13(9,14)15;1-2/h6,8-9H,3-5,7H2,1-2H3;1-2H3. The predicted octanol–water partition coefficient (Wildman–Crippen LogP) is 3.11. The van der Waals surface area contributed by atoms with Crippen LogP contribution in [0.25, 0.3) is 0 Å². The van der Waals surface area contributed by atoms with Gasteiger partial charge in [0.05, 0.1) is 5.69 Å². The summed E-state index contributed by atoms with van der Waals surface area (Å²) in [5.41, 5.74) is 0.659. The Morgan fingerprint density at radius 2 is 2.05 bits per heavy atom. The van der Waals surface area contributed by atoms with E-state index in [4.69, 9.17) is 0 Å². The van der Waals surface area contributed by atoms with E-state index in [1.165, 1.54) is 0 Å². The second kappa shape index (κ2) is 5.73. The summed E-state index contributed by atoms with van der Waals surface area (Å²) in [6.45, 7) is 6.56. The van der Waals surface area contributed by atoms with Gasteiger partial charge in [0.25, 0.3) is 5.92 Å². The number of carbonyl (C=O) groups is 1. The highest BCUT2D eigenvalue weighted by Gasteiger charge is 2.56. The van der Waals surface area contributed by atoms with Crippen LogP contribution in [0.15, 0.2) is 6.07 Å². The van der Waals surface area contributed by atoms with Crippen LogP contribution in [0.4, 0.5) is 14.6 Å². The first-order valence-corrected chi connectivity index (χ1v) is 7.60. The van der Waals surface area contributed by atoms with Crippen LogP contribution in [0.1, 0.15) is 39.3 Å². The third kappa shape index (κ3) is 3.09. The Balaban J connectivity index is 0.000000774. The molecular formula is C15H23F2N3O. The first-order valence-electron chi connectivity index (χ1n) is 7.60. The second-order valence-electron chi connectivity index (χ2n) is 5.67. The van der Waals surface area contributed by atoms with Gasteiger partial charge in [0.2, 0.25) is 5.91 Å². The third-order valence-electron chi connectivity index (χ3n) is 4.09. The highest BCUT2D eigenvalue weighted by molar-refractivity contribution is 5.93. The van der Waals surface area contributed by atoms with Crippen molar-refractivity contribution in [3.63, 3.8) is 0 Å². The van der Waals surface area contributed by atoms with Crippen LogP contribution in [-0.2, 0) is 17.8 Å². The van der Waals surface area contributed by atoms with E-state index >= 15 is 0 Å². The molecule has 0 aromatic carbocycles. The highest BCUT2D eigenvalue weighted by atomic mass is 19.3. The minimum atomic E-state index is -2.52. The second-order valence-corrected chi connectivity index (χ2v) is 5.67. The Morgan fingerprint density at radius 3 is 2.62 bits per heavy atom. The highest BCUT2D eigenvalue weighted by Crippen LogP contribution is 2.50. The van der Waals surface area contributed by atoms with E-state index in [2.05, 4.69) is 5.10 Å². The van der Waals surface area contributed by atoms with Gasteiger partial charge in [-0.25, -0.2) is 13.5 Å². The van der Waals surface area contributed by atoms with Crippen molar-refractivity contribution in [2.45, 2.75) is 52.5 Å². The average molecular weight is 299 g/mol. The Labute approximate surface area is 124 Å². The van der Waals surface area contributed by atoms with Crippen molar-refractivity contribution >= 4 is 11.7 Å². The summed E-state index contributed by atoms with van der Waals surface area (Å²) in [4.78, 5) is 13.6. The number of amides is 1. The number of anilines is 1. The number of hydrogen-bond donors (Lipinski definition) is 0. The van der Waals surface area contributed by atoms with Gasteiger partial charge in [-0.3, -0.25) is 9.69 Å². The van der Waals surface area contributed by atoms with E-state index in [0.29, 0.717) is 24.5 Å². The molecule has 2 aliphatic rings. The van der Waals surface area contributed by atoms with E-state index in [1.807, 2.05) is 20.8 Å². The van der Waals surface area contributed by atoms with Gasteiger partial charge >= 0.3 is 0 Å². The van der Waals surface area contributed by atoms with E-state index in [-0.39, 0.29) is 18.2 Å². The quantitative estimate of drug-likeness (QED) is 0.841. The zero-order chi connectivity index (χ0) is 15.8. The van der Waals surface area contributed by atoms with Crippen LogP contribution in [0.5, 0.6) is 0 Å². The molecule has 0 radical (unpaired) electrons. The summed E-state index contributed by atoms with van der Waals surface area (Å²) < 4.78 is 27.6. The van der Waals surface area contributed by atoms with Crippen LogP contribution in [0, 0.1) is 11.8 Å². The fraction of sp³-hybridized carbons (Fsp3) is 0.733. The van der Waals surface area contributed by atoms with Gasteiger partial charge in [0.1, 0.15) is 5.82 Å². The molecule has 0 bridgehead atoms. The van der Waals surface area contributed by atoms with Crippen LogP contribution < -0.4 is 4.90 Å². The molecule has 118 valence electrons. The Bertz CT molecular complexity index is 527. The predicted molar refractivity (Wildman–Crippen MR) is 77.5 cm³/mol. The summed E-state index contributed by atoms with van der Waals surface area (Å²) in [5, 5.41) is 4.37. The van der Waals surface area contributed by atoms with Gasteiger partial charge in [-0.2, -0.15) is 5.10 Å². The fourth-order valence-corrected chi connectivity index (χ4v) is 2.62. The molecule has 3 rings (SSSR count). The number of rotatable bonds is 2. The maximum atomic E-state index is 12.9. The first kappa shape index (κ1) is 15.9. The topological polar surface area (TPSA) is 38.1 Å². The molecule has 6 heteroatoms. The molecule has 4 nitrogen and oxygen atoms in total. The summed E-state index contributed by atoms with van der Waals surface area (Å²) in [6.07, 6.45) is 0.989. The average Bonchev–Trinajstić information content (AvgIpc) is 2.90. The normalized spacial score (nSPS) is 26.6. The van der Waals surface area contributed by atoms with Gasteiger partial charge in [-0.1, -0.05) is 20.8 Å². The van der Waals surface area contributed by atoms with Gasteiger partial charge in [0, 0.05) is 44.3 Å². The zero-order valence-corrected chi connectivity index (χ0v) is 13.1. The molecule has 1 aliphatic heterocycles. The molecule has 2 unspecified atom stereocenters.